The van der Waals surface area contributed by atoms with Crippen LogP contribution in [-0.4, -0.2) is 18.6 Å². The van der Waals surface area contributed by atoms with Gasteiger partial charge in [0.05, 0.1) is 0 Å². The molecular formula is C11H18N2S. The Morgan fingerprint density at radius 1 is 1.64 bits per heavy atom. The minimum absolute atomic E-state index is 0.576. The van der Waals surface area contributed by atoms with Crippen LogP contribution in [0.4, 0.5) is 0 Å². The van der Waals surface area contributed by atoms with Crippen LogP contribution in [0.1, 0.15) is 24.5 Å². The van der Waals surface area contributed by atoms with Crippen LogP contribution in [0, 0.1) is 12.8 Å². The number of hydrogen-bond donors (Lipinski definition) is 1. The molecule has 1 aromatic rings. The number of hydrogen-bond acceptors (Lipinski definition) is 3. The van der Waals surface area contributed by atoms with Crippen molar-refractivity contribution < 1.29 is 0 Å². The monoisotopic (exact) mass is 210 g/mol. The molecule has 0 saturated heterocycles. The first-order valence-electron chi connectivity index (χ1n) is 4.90. The van der Waals surface area contributed by atoms with Gasteiger partial charge in [-0.25, -0.2) is 4.98 Å². The maximum absolute atomic E-state index is 4.43. The summed E-state index contributed by atoms with van der Waals surface area (Å²) in [4.78, 5) is 4.43. The van der Waals surface area contributed by atoms with E-state index in [-0.39, 0.29) is 0 Å². The molecule has 0 bridgehead atoms. The van der Waals surface area contributed by atoms with E-state index in [4.69, 9.17) is 0 Å². The highest BCUT2D eigenvalue weighted by molar-refractivity contribution is 7.10. The van der Waals surface area contributed by atoms with Crippen LogP contribution >= 0.6 is 11.3 Å². The van der Waals surface area contributed by atoms with Crippen LogP contribution in [0.2, 0.25) is 0 Å². The van der Waals surface area contributed by atoms with E-state index in [1.807, 2.05) is 14.0 Å². The summed E-state index contributed by atoms with van der Waals surface area (Å²) < 4.78 is 0. The van der Waals surface area contributed by atoms with Crippen LogP contribution in [0.15, 0.2) is 11.0 Å². The molecule has 1 rings (SSSR count). The van der Waals surface area contributed by atoms with Gasteiger partial charge in [-0.2, -0.15) is 0 Å². The molecule has 0 fully saturated rings. The molecule has 78 valence electrons. The van der Waals surface area contributed by atoms with E-state index in [2.05, 4.69) is 35.6 Å². The zero-order valence-corrected chi connectivity index (χ0v) is 10.1. The lowest BCUT2D eigenvalue weighted by Gasteiger charge is -2.09. The van der Waals surface area contributed by atoms with Gasteiger partial charge in [-0.3, -0.25) is 0 Å². The molecule has 1 heterocycles. The summed E-state index contributed by atoms with van der Waals surface area (Å²) in [5, 5.41) is 6.38. The first kappa shape index (κ1) is 11.4. The fourth-order valence-electron chi connectivity index (χ4n) is 1.22. The lowest BCUT2D eigenvalue weighted by atomic mass is 10.0. The third-order valence-corrected chi connectivity index (χ3v) is 2.98. The zero-order valence-electron chi connectivity index (χ0n) is 9.29. The molecule has 0 atom stereocenters. The van der Waals surface area contributed by atoms with Gasteiger partial charge in [0.1, 0.15) is 5.01 Å². The third-order valence-electron chi connectivity index (χ3n) is 2.07. The standard InChI is InChI=1S/C11H18N2S/c1-8(2)10(6-12-4)5-11-13-9(3)7-14-11/h5,7-8,12H,6H2,1-4H3. The molecule has 0 aliphatic heterocycles. The van der Waals surface area contributed by atoms with Crippen LogP contribution in [0.5, 0.6) is 0 Å². The fourth-order valence-corrected chi connectivity index (χ4v) is 1.98. The van der Waals surface area contributed by atoms with Crippen molar-refractivity contribution in [2.24, 2.45) is 5.92 Å². The average molecular weight is 210 g/mol. The summed E-state index contributed by atoms with van der Waals surface area (Å²) in [6.45, 7) is 7.39. The summed E-state index contributed by atoms with van der Waals surface area (Å²) in [7, 11) is 1.98. The lowest BCUT2D eigenvalue weighted by Crippen LogP contribution is -2.13. The number of rotatable bonds is 4. The molecule has 0 aliphatic carbocycles. The van der Waals surface area contributed by atoms with Crippen molar-refractivity contribution in [2.45, 2.75) is 20.8 Å². The quantitative estimate of drug-likeness (QED) is 0.826. The van der Waals surface area contributed by atoms with E-state index in [1.54, 1.807) is 11.3 Å². The van der Waals surface area contributed by atoms with E-state index in [0.717, 1.165) is 17.2 Å². The molecule has 0 amide bonds. The van der Waals surface area contributed by atoms with Crippen molar-refractivity contribution in [3.63, 3.8) is 0 Å². The first-order valence-corrected chi connectivity index (χ1v) is 5.78. The molecule has 0 aliphatic rings. The Balaban J connectivity index is 2.81. The van der Waals surface area contributed by atoms with Crippen LogP contribution < -0.4 is 5.32 Å². The molecule has 0 unspecified atom stereocenters. The number of thiazole rings is 1. The second-order valence-corrected chi connectivity index (χ2v) is 4.62. The number of nitrogens with one attached hydrogen (secondary N) is 1. The molecule has 0 spiro atoms. The number of aromatic nitrogens is 1. The molecule has 0 radical (unpaired) electrons. The van der Waals surface area contributed by atoms with E-state index >= 15 is 0 Å². The number of likely N-dealkylation sites (N-methyl/N-ethyl adjacent to an activating group) is 1. The van der Waals surface area contributed by atoms with Gasteiger partial charge in [-0.15, -0.1) is 11.3 Å². The van der Waals surface area contributed by atoms with Gasteiger partial charge in [0.2, 0.25) is 0 Å². The van der Waals surface area contributed by atoms with Gasteiger partial charge in [0.25, 0.3) is 0 Å². The smallest absolute Gasteiger partial charge is 0.116 e. The van der Waals surface area contributed by atoms with Gasteiger partial charge in [-0.1, -0.05) is 19.4 Å². The largest absolute Gasteiger partial charge is 0.316 e. The molecular weight excluding hydrogens is 192 g/mol. The molecule has 0 aromatic carbocycles. The SMILES string of the molecule is CNCC(=Cc1nc(C)cs1)C(C)C. The van der Waals surface area contributed by atoms with Gasteiger partial charge >= 0.3 is 0 Å². The summed E-state index contributed by atoms with van der Waals surface area (Å²) in [6, 6.07) is 0. The van der Waals surface area contributed by atoms with Crippen LogP contribution in [-0.2, 0) is 0 Å². The van der Waals surface area contributed by atoms with Crippen molar-refractivity contribution >= 4 is 17.4 Å². The van der Waals surface area contributed by atoms with Crippen molar-refractivity contribution in [2.75, 3.05) is 13.6 Å². The van der Waals surface area contributed by atoms with Crippen molar-refractivity contribution in [3.05, 3.63) is 21.7 Å². The summed E-state index contributed by atoms with van der Waals surface area (Å²) >= 11 is 1.71. The highest BCUT2D eigenvalue weighted by Crippen LogP contribution is 2.17. The first-order chi connectivity index (χ1) is 6.63. The minimum Gasteiger partial charge on any atom is -0.316 e. The summed E-state index contributed by atoms with van der Waals surface area (Å²) in [6.07, 6.45) is 2.19. The Hall–Kier alpha value is -0.670. The van der Waals surface area contributed by atoms with Crippen LogP contribution in [0.3, 0.4) is 0 Å². The Morgan fingerprint density at radius 3 is 2.79 bits per heavy atom. The molecule has 3 heteroatoms. The predicted molar refractivity (Wildman–Crippen MR) is 63.6 cm³/mol. The third kappa shape index (κ3) is 3.24. The predicted octanol–water partition coefficient (Wildman–Crippen LogP) is 2.71. The Labute approximate surface area is 90.1 Å². The second-order valence-electron chi connectivity index (χ2n) is 3.73. The molecule has 0 saturated carbocycles. The van der Waals surface area contributed by atoms with Crippen molar-refractivity contribution in [1.82, 2.24) is 10.3 Å². The van der Waals surface area contributed by atoms with Gasteiger partial charge < -0.3 is 5.32 Å². The average Bonchev–Trinajstić information content (AvgIpc) is 2.50. The van der Waals surface area contributed by atoms with E-state index in [1.165, 1.54) is 5.57 Å². The number of aryl methyl sites for hydroxylation is 1. The lowest BCUT2D eigenvalue weighted by molar-refractivity contribution is 0.713. The maximum atomic E-state index is 4.43. The van der Waals surface area contributed by atoms with E-state index < -0.39 is 0 Å². The second kappa shape index (κ2) is 5.27. The van der Waals surface area contributed by atoms with Crippen LogP contribution in [0.25, 0.3) is 6.08 Å². The minimum atomic E-state index is 0.576. The molecule has 2 nitrogen and oxygen atoms in total. The van der Waals surface area contributed by atoms with Gasteiger partial charge in [-0.05, 0) is 26.0 Å². The Morgan fingerprint density at radius 2 is 2.36 bits per heavy atom. The summed E-state index contributed by atoms with van der Waals surface area (Å²) in [5.74, 6) is 0.576. The highest BCUT2D eigenvalue weighted by atomic mass is 32.1. The Kier molecular flexibility index (Phi) is 4.29. The topological polar surface area (TPSA) is 24.9 Å². The van der Waals surface area contributed by atoms with Gasteiger partial charge in [0.15, 0.2) is 0 Å². The van der Waals surface area contributed by atoms with Crippen molar-refractivity contribution in [1.29, 1.82) is 0 Å². The zero-order chi connectivity index (χ0) is 10.6. The molecule has 14 heavy (non-hydrogen) atoms. The number of nitrogens with zero attached hydrogens (tertiary/aromatic N) is 1. The van der Waals surface area contributed by atoms with E-state index in [9.17, 15) is 0 Å². The normalized spacial score (nSPS) is 12.5. The van der Waals surface area contributed by atoms with Crippen molar-refractivity contribution in [3.8, 4) is 0 Å². The summed E-state index contributed by atoms with van der Waals surface area (Å²) in [5.41, 5.74) is 2.51. The van der Waals surface area contributed by atoms with Gasteiger partial charge in [0, 0.05) is 17.6 Å². The molecule has 1 aromatic heterocycles. The fraction of sp³-hybridized carbons (Fsp3) is 0.545. The maximum Gasteiger partial charge on any atom is 0.116 e. The Bertz CT molecular complexity index is 313. The highest BCUT2D eigenvalue weighted by Gasteiger charge is 2.03. The molecule has 1 N–H and O–H groups in total. The van der Waals surface area contributed by atoms with E-state index in [0.29, 0.717) is 5.92 Å².